The second-order valence-corrected chi connectivity index (χ2v) is 14.7. The summed E-state index contributed by atoms with van der Waals surface area (Å²) in [5.74, 6) is 2.98. The third-order valence-electron chi connectivity index (χ3n) is 6.76. The van der Waals surface area contributed by atoms with E-state index in [1.54, 1.807) is 61.7 Å². The molecule has 1 fully saturated rings. The average Bonchev–Trinajstić information content (AvgIpc) is 3.23. The molecule has 6 nitrogen and oxygen atoms in total. The molecule has 0 bridgehead atoms. The molecule has 1 atom stereocenters. The van der Waals surface area contributed by atoms with E-state index in [1.165, 1.54) is 0 Å². The normalized spacial score (nSPS) is 17.3. The lowest BCUT2D eigenvalue weighted by molar-refractivity contribution is -0.126. The zero-order chi connectivity index (χ0) is 30.7. The minimum atomic E-state index is -4.50. The number of likely N-dealkylation sites (tertiary alicyclic amines) is 1. The standard InChI is InChI=1S/C29H30F5N4O2PS/c1-38-14-11-26(28(30,31)18-38)37-23-7-4-6-20-21(17-29(32,33)34)25(42-27(20)23)8-5-13-36-22-10-9-19(41(2,3)39)16-24(22)40-15-12-35/h4,6-7,9-10,16,26,36-37H,11,13-15,17-18H2,1-3H3. The van der Waals surface area contributed by atoms with E-state index in [9.17, 15) is 26.5 Å². The predicted octanol–water partition coefficient (Wildman–Crippen LogP) is 6.37. The van der Waals surface area contributed by atoms with Crippen LogP contribution in [0.5, 0.6) is 5.75 Å². The van der Waals surface area contributed by atoms with E-state index < -0.39 is 38.2 Å². The van der Waals surface area contributed by atoms with Gasteiger partial charge in [-0.3, -0.25) is 0 Å². The monoisotopic (exact) mass is 624 g/mol. The first-order valence-corrected chi connectivity index (χ1v) is 16.5. The third-order valence-corrected chi connectivity index (χ3v) is 9.48. The van der Waals surface area contributed by atoms with Crippen LogP contribution in [0.15, 0.2) is 36.4 Å². The summed E-state index contributed by atoms with van der Waals surface area (Å²) in [4.78, 5) is 1.74. The highest BCUT2D eigenvalue weighted by Crippen LogP contribution is 2.41. The lowest BCUT2D eigenvalue weighted by atomic mass is 10.0. The lowest BCUT2D eigenvalue weighted by Crippen LogP contribution is -2.53. The number of hydrogen-bond acceptors (Lipinski definition) is 7. The fourth-order valence-electron chi connectivity index (χ4n) is 4.72. The maximum Gasteiger partial charge on any atom is 0.393 e. The summed E-state index contributed by atoms with van der Waals surface area (Å²) in [6.07, 6.45) is -5.52. The number of piperidine rings is 1. The summed E-state index contributed by atoms with van der Waals surface area (Å²) in [5, 5.41) is 15.7. The first-order valence-electron chi connectivity index (χ1n) is 13.0. The van der Waals surface area contributed by atoms with Crippen LogP contribution in [0.4, 0.5) is 33.3 Å². The SMILES string of the molecule is CN1CCC(Nc2cccc3c(CC(F)(F)F)c(C#CCNc4ccc(P(C)(C)=O)cc4OCC#N)sc23)C(F)(F)C1. The minimum Gasteiger partial charge on any atom is -0.477 e. The average molecular weight is 625 g/mol. The molecule has 1 saturated heterocycles. The number of thiophene rings is 1. The number of nitriles is 1. The van der Waals surface area contributed by atoms with E-state index in [1.807, 2.05) is 6.07 Å². The maximum atomic E-state index is 14.7. The highest BCUT2D eigenvalue weighted by molar-refractivity contribution is 7.70. The molecular formula is C29H30F5N4O2PS. The number of benzene rings is 2. The Hall–Kier alpha value is -3.31. The Balaban J connectivity index is 1.62. The number of nitrogens with zero attached hydrogens (tertiary/aromatic N) is 2. The Kier molecular flexibility index (Phi) is 9.42. The molecule has 0 saturated carbocycles. The van der Waals surface area contributed by atoms with Gasteiger partial charge in [0.1, 0.15) is 19.0 Å². The molecule has 0 aliphatic carbocycles. The van der Waals surface area contributed by atoms with E-state index in [0.717, 1.165) is 11.3 Å². The Morgan fingerprint density at radius 2 is 1.98 bits per heavy atom. The topological polar surface area (TPSA) is 77.4 Å². The molecule has 2 aromatic carbocycles. The summed E-state index contributed by atoms with van der Waals surface area (Å²) in [6.45, 7) is 3.08. The zero-order valence-corrected chi connectivity index (χ0v) is 25.0. The van der Waals surface area contributed by atoms with Crippen molar-refractivity contribution in [2.75, 3.05) is 57.3 Å². The molecule has 1 aliphatic rings. The molecule has 13 heteroatoms. The van der Waals surface area contributed by atoms with Gasteiger partial charge in [-0.2, -0.15) is 18.4 Å². The quantitative estimate of drug-likeness (QED) is 0.172. The third kappa shape index (κ3) is 7.74. The summed E-state index contributed by atoms with van der Waals surface area (Å²) in [7, 11) is -0.968. The predicted molar refractivity (Wildman–Crippen MR) is 158 cm³/mol. The van der Waals surface area contributed by atoms with Gasteiger partial charge in [-0.15, -0.1) is 11.3 Å². The fourth-order valence-corrected chi connectivity index (χ4v) is 6.75. The second-order valence-electron chi connectivity index (χ2n) is 10.5. The van der Waals surface area contributed by atoms with Gasteiger partial charge in [0.15, 0.2) is 6.61 Å². The number of halogens is 5. The summed E-state index contributed by atoms with van der Waals surface area (Å²) >= 11 is 1.03. The van der Waals surface area contributed by atoms with Gasteiger partial charge in [0.25, 0.3) is 5.92 Å². The Morgan fingerprint density at radius 1 is 1.21 bits per heavy atom. The Labute approximate surface area is 245 Å². The summed E-state index contributed by atoms with van der Waals surface area (Å²) in [6, 6.07) is 10.3. The molecule has 0 amide bonds. The number of fused-ring (bicyclic) bond motifs is 1. The van der Waals surface area contributed by atoms with Crippen molar-refractivity contribution in [3.63, 3.8) is 0 Å². The number of alkyl halides is 5. The van der Waals surface area contributed by atoms with Crippen LogP contribution >= 0.6 is 18.5 Å². The molecule has 4 rings (SSSR count). The Bertz CT molecular complexity index is 1600. The van der Waals surface area contributed by atoms with Crippen LogP contribution in [0.3, 0.4) is 0 Å². The first kappa shape index (κ1) is 31.6. The number of hydrogen-bond donors (Lipinski definition) is 2. The molecule has 2 heterocycles. The van der Waals surface area contributed by atoms with Crippen molar-refractivity contribution in [2.24, 2.45) is 0 Å². The number of nitrogens with one attached hydrogen (secondary N) is 2. The molecule has 3 aromatic rings. The van der Waals surface area contributed by atoms with Gasteiger partial charge in [0.2, 0.25) is 0 Å². The van der Waals surface area contributed by atoms with Gasteiger partial charge in [0, 0.05) is 11.8 Å². The highest BCUT2D eigenvalue weighted by atomic mass is 32.1. The van der Waals surface area contributed by atoms with Crippen LogP contribution in [-0.2, 0) is 11.0 Å². The van der Waals surface area contributed by atoms with Crippen LogP contribution in [0.2, 0.25) is 0 Å². The molecule has 0 radical (unpaired) electrons. The van der Waals surface area contributed by atoms with Gasteiger partial charge in [-0.25, -0.2) is 8.78 Å². The fraction of sp³-hybridized carbons (Fsp3) is 0.414. The van der Waals surface area contributed by atoms with Crippen LogP contribution in [0.25, 0.3) is 10.1 Å². The van der Waals surface area contributed by atoms with Crippen molar-refractivity contribution in [3.8, 4) is 23.7 Å². The van der Waals surface area contributed by atoms with E-state index in [4.69, 9.17) is 10.00 Å². The molecule has 224 valence electrons. The Morgan fingerprint density at radius 3 is 2.64 bits per heavy atom. The van der Waals surface area contributed by atoms with Gasteiger partial charge >= 0.3 is 6.18 Å². The van der Waals surface area contributed by atoms with Crippen LogP contribution < -0.4 is 20.7 Å². The second kappa shape index (κ2) is 12.5. The molecule has 1 unspecified atom stereocenters. The van der Waals surface area contributed by atoms with E-state index >= 15 is 0 Å². The first-order chi connectivity index (χ1) is 19.7. The van der Waals surface area contributed by atoms with Crippen LogP contribution in [-0.4, -0.2) is 69.7 Å². The molecular weight excluding hydrogens is 594 g/mol. The lowest BCUT2D eigenvalue weighted by Gasteiger charge is -2.37. The molecule has 2 N–H and O–H groups in total. The van der Waals surface area contributed by atoms with Crippen molar-refractivity contribution in [2.45, 2.75) is 31.0 Å². The largest absolute Gasteiger partial charge is 0.477 e. The molecule has 42 heavy (non-hydrogen) atoms. The highest BCUT2D eigenvalue weighted by Gasteiger charge is 2.44. The number of ether oxygens (including phenoxy) is 1. The summed E-state index contributed by atoms with van der Waals surface area (Å²) in [5.41, 5.74) is 0.830. The van der Waals surface area contributed by atoms with Crippen molar-refractivity contribution < 1.29 is 31.3 Å². The van der Waals surface area contributed by atoms with Crippen molar-refractivity contribution in [1.29, 1.82) is 5.26 Å². The minimum absolute atomic E-state index is 0.00201. The molecule has 0 spiro atoms. The number of anilines is 2. The van der Waals surface area contributed by atoms with Crippen LogP contribution in [0, 0.1) is 23.2 Å². The van der Waals surface area contributed by atoms with Crippen molar-refractivity contribution >= 4 is 45.2 Å². The maximum absolute atomic E-state index is 14.7. The van der Waals surface area contributed by atoms with Crippen molar-refractivity contribution in [1.82, 2.24) is 4.90 Å². The van der Waals surface area contributed by atoms with E-state index in [2.05, 4.69) is 22.5 Å². The van der Waals surface area contributed by atoms with Gasteiger partial charge in [-0.1, -0.05) is 24.0 Å². The zero-order valence-electron chi connectivity index (χ0n) is 23.2. The van der Waals surface area contributed by atoms with Crippen LogP contribution in [0.1, 0.15) is 16.9 Å². The molecule has 1 aliphatic heterocycles. The van der Waals surface area contributed by atoms with Gasteiger partial charge in [-0.05, 0) is 62.0 Å². The van der Waals surface area contributed by atoms with Gasteiger partial charge in [0.05, 0.1) is 46.5 Å². The van der Waals surface area contributed by atoms with E-state index in [0.29, 0.717) is 39.1 Å². The summed E-state index contributed by atoms with van der Waals surface area (Å²) < 4.78 is 88.5. The smallest absolute Gasteiger partial charge is 0.393 e. The van der Waals surface area contributed by atoms with E-state index in [-0.39, 0.29) is 30.0 Å². The van der Waals surface area contributed by atoms with Gasteiger partial charge < -0.3 is 24.8 Å². The van der Waals surface area contributed by atoms with Crippen molar-refractivity contribution in [3.05, 3.63) is 46.8 Å². The molecule has 1 aromatic heterocycles. The number of rotatable bonds is 8.